The first-order chi connectivity index (χ1) is 7.79. The lowest BCUT2D eigenvalue weighted by Gasteiger charge is -2.07. The number of carbonyl (C=O) groups is 1. The van der Waals surface area contributed by atoms with Crippen LogP contribution in [0.2, 0.25) is 0 Å². The molecule has 0 saturated carbocycles. The second-order valence-corrected chi connectivity index (χ2v) is 4.30. The molecule has 0 aliphatic carbocycles. The molecule has 16 heavy (non-hydrogen) atoms. The van der Waals surface area contributed by atoms with E-state index in [9.17, 15) is 4.79 Å². The minimum absolute atomic E-state index is 0.275. The molecule has 0 atom stereocenters. The summed E-state index contributed by atoms with van der Waals surface area (Å²) in [5.41, 5.74) is 1.66. The highest BCUT2D eigenvalue weighted by atomic mass is 32.2. The van der Waals surface area contributed by atoms with Gasteiger partial charge in [-0.2, -0.15) is 11.8 Å². The number of hydrogen-bond donors (Lipinski definition) is 0. The average molecular weight is 240 g/mol. The van der Waals surface area contributed by atoms with Crippen LogP contribution in [0.25, 0.3) is 0 Å². The minimum Gasteiger partial charge on any atom is -0.465 e. The zero-order chi connectivity index (χ0) is 11.8. The van der Waals surface area contributed by atoms with Crippen molar-refractivity contribution in [3.8, 4) is 0 Å². The summed E-state index contributed by atoms with van der Waals surface area (Å²) in [6.07, 6.45) is 0. The number of ether oxygens (including phenoxy) is 2. The monoisotopic (exact) mass is 240 g/mol. The third-order valence-electron chi connectivity index (χ3n) is 2.11. The molecule has 1 aromatic carbocycles. The van der Waals surface area contributed by atoms with Crippen LogP contribution in [0.15, 0.2) is 24.3 Å². The van der Waals surface area contributed by atoms with Crippen LogP contribution >= 0.6 is 11.8 Å². The van der Waals surface area contributed by atoms with Gasteiger partial charge in [-0.05, 0) is 11.6 Å². The number of methoxy groups -OCH3 is 2. The van der Waals surface area contributed by atoms with E-state index in [1.807, 2.05) is 18.2 Å². The molecule has 0 bridgehead atoms. The van der Waals surface area contributed by atoms with Crippen LogP contribution in [0, 0.1) is 0 Å². The Hall–Kier alpha value is -1.00. The van der Waals surface area contributed by atoms with Gasteiger partial charge < -0.3 is 9.47 Å². The third kappa shape index (κ3) is 3.87. The fourth-order valence-electron chi connectivity index (χ4n) is 1.28. The molecule has 0 aromatic heterocycles. The Morgan fingerprint density at radius 3 is 2.75 bits per heavy atom. The largest absolute Gasteiger partial charge is 0.465 e. The number of thioether (sulfide) groups is 1. The highest BCUT2D eigenvalue weighted by molar-refractivity contribution is 7.98. The van der Waals surface area contributed by atoms with Crippen molar-refractivity contribution in [2.45, 2.75) is 5.75 Å². The van der Waals surface area contributed by atoms with Crippen LogP contribution in [0.5, 0.6) is 0 Å². The molecule has 3 nitrogen and oxygen atoms in total. The molecular formula is C12H16O3S. The first-order valence-electron chi connectivity index (χ1n) is 5.02. The van der Waals surface area contributed by atoms with Crippen LogP contribution in [-0.4, -0.2) is 32.5 Å². The number of rotatable bonds is 6. The number of esters is 1. The number of benzene rings is 1. The molecule has 0 unspecified atom stereocenters. The quantitative estimate of drug-likeness (QED) is 0.565. The molecule has 1 rings (SSSR count). The van der Waals surface area contributed by atoms with E-state index in [1.165, 1.54) is 7.11 Å². The zero-order valence-electron chi connectivity index (χ0n) is 9.56. The Labute approximate surface area is 100 Å². The SMILES string of the molecule is COCCSCc1ccccc1C(=O)OC. The summed E-state index contributed by atoms with van der Waals surface area (Å²) in [6.45, 7) is 0.727. The van der Waals surface area contributed by atoms with Gasteiger partial charge in [0.25, 0.3) is 0 Å². The second kappa shape index (κ2) is 7.30. The maximum absolute atomic E-state index is 11.5. The third-order valence-corrected chi connectivity index (χ3v) is 3.08. The molecule has 0 fully saturated rings. The predicted molar refractivity (Wildman–Crippen MR) is 65.8 cm³/mol. The van der Waals surface area contributed by atoms with Crippen molar-refractivity contribution in [1.29, 1.82) is 0 Å². The Bertz CT molecular complexity index is 339. The molecule has 1 aromatic rings. The van der Waals surface area contributed by atoms with Crippen LogP contribution in [0.4, 0.5) is 0 Å². The summed E-state index contributed by atoms with van der Waals surface area (Å²) in [6, 6.07) is 7.51. The molecule has 0 amide bonds. The van der Waals surface area contributed by atoms with Gasteiger partial charge in [0.15, 0.2) is 0 Å². The normalized spacial score (nSPS) is 10.1. The summed E-state index contributed by atoms with van der Waals surface area (Å²) in [4.78, 5) is 11.5. The van der Waals surface area contributed by atoms with Crippen LogP contribution in [0.1, 0.15) is 15.9 Å². The molecule has 0 aliphatic rings. The summed E-state index contributed by atoms with van der Waals surface area (Å²) in [7, 11) is 3.08. The van der Waals surface area contributed by atoms with Crippen molar-refractivity contribution >= 4 is 17.7 Å². The van der Waals surface area contributed by atoms with E-state index in [2.05, 4.69) is 0 Å². The molecule has 4 heteroatoms. The lowest BCUT2D eigenvalue weighted by Crippen LogP contribution is -2.05. The second-order valence-electron chi connectivity index (χ2n) is 3.19. The smallest absolute Gasteiger partial charge is 0.338 e. The highest BCUT2D eigenvalue weighted by Crippen LogP contribution is 2.17. The molecule has 0 N–H and O–H groups in total. The van der Waals surface area contributed by atoms with E-state index in [4.69, 9.17) is 9.47 Å². The molecule has 0 heterocycles. The van der Waals surface area contributed by atoms with E-state index in [1.54, 1.807) is 24.9 Å². The highest BCUT2D eigenvalue weighted by Gasteiger charge is 2.10. The van der Waals surface area contributed by atoms with E-state index in [-0.39, 0.29) is 5.97 Å². The van der Waals surface area contributed by atoms with Crippen molar-refractivity contribution in [1.82, 2.24) is 0 Å². The van der Waals surface area contributed by atoms with E-state index in [0.717, 1.165) is 23.7 Å². The summed E-state index contributed by atoms with van der Waals surface area (Å²) in [5.74, 6) is 1.45. The van der Waals surface area contributed by atoms with Gasteiger partial charge in [0.2, 0.25) is 0 Å². The number of carbonyl (C=O) groups excluding carboxylic acids is 1. The first-order valence-corrected chi connectivity index (χ1v) is 6.18. The topological polar surface area (TPSA) is 35.5 Å². The van der Waals surface area contributed by atoms with Crippen LogP contribution < -0.4 is 0 Å². The van der Waals surface area contributed by atoms with Gasteiger partial charge in [-0.3, -0.25) is 0 Å². The molecular weight excluding hydrogens is 224 g/mol. The standard InChI is InChI=1S/C12H16O3S/c1-14-7-8-16-9-10-5-3-4-6-11(10)12(13)15-2/h3-6H,7-9H2,1-2H3. The van der Waals surface area contributed by atoms with Gasteiger partial charge in [0.1, 0.15) is 0 Å². The molecule has 0 saturated heterocycles. The molecule has 0 spiro atoms. The Morgan fingerprint density at radius 1 is 1.31 bits per heavy atom. The van der Waals surface area contributed by atoms with Crippen LogP contribution in [-0.2, 0) is 15.2 Å². The Kier molecular flexibility index (Phi) is 5.96. The maximum Gasteiger partial charge on any atom is 0.338 e. The van der Waals surface area contributed by atoms with Gasteiger partial charge >= 0.3 is 5.97 Å². The van der Waals surface area contributed by atoms with Gasteiger partial charge in [-0.1, -0.05) is 18.2 Å². The molecule has 0 radical (unpaired) electrons. The van der Waals surface area contributed by atoms with Gasteiger partial charge in [-0.25, -0.2) is 4.79 Å². The summed E-state index contributed by atoms with van der Waals surface area (Å²) < 4.78 is 9.70. The average Bonchev–Trinajstić information content (AvgIpc) is 2.34. The lowest BCUT2D eigenvalue weighted by molar-refractivity contribution is 0.0600. The van der Waals surface area contributed by atoms with E-state index in [0.29, 0.717) is 5.56 Å². The van der Waals surface area contributed by atoms with Crippen molar-refractivity contribution in [2.75, 3.05) is 26.6 Å². The van der Waals surface area contributed by atoms with E-state index < -0.39 is 0 Å². The lowest BCUT2D eigenvalue weighted by atomic mass is 10.1. The van der Waals surface area contributed by atoms with Crippen molar-refractivity contribution in [3.05, 3.63) is 35.4 Å². The fourth-order valence-corrected chi connectivity index (χ4v) is 2.18. The summed E-state index contributed by atoms with van der Waals surface area (Å²) >= 11 is 1.74. The first kappa shape index (κ1) is 13.1. The predicted octanol–water partition coefficient (Wildman–Crippen LogP) is 2.35. The van der Waals surface area contributed by atoms with Gasteiger partial charge in [-0.15, -0.1) is 0 Å². The van der Waals surface area contributed by atoms with Gasteiger partial charge in [0.05, 0.1) is 19.3 Å². The van der Waals surface area contributed by atoms with E-state index >= 15 is 0 Å². The Morgan fingerprint density at radius 2 is 2.06 bits per heavy atom. The van der Waals surface area contributed by atoms with Crippen LogP contribution in [0.3, 0.4) is 0 Å². The number of hydrogen-bond acceptors (Lipinski definition) is 4. The van der Waals surface area contributed by atoms with Gasteiger partial charge in [0, 0.05) is 18.6 Å². The maximum atomic E-state index is 11.5. The minimum atomic E-state index is -0.275. The van der Waals surface area contributed by atoms with Crippen molar-refractivity contribution in [3.63, 3.8) is 0 Å². The zero-order valence-corrected chi connectivity index (χ0v) is 10.4. The summed E-state index contributed by atoms with van der Waals surface area (Å²) in [5, 5.41) is 0. The molecule has 0 aliphatic heterocycles. The fraction of sp³-hybridized carbons (Fsp3) is 0.417. The Balaban J connectivity index is 2.60. The van der Waals surface area contributed by atoms with Crippen molar-refractivity contribution in [2.24, 2.45) is 0 Å². The van der Waals surface area contributed by atoms with Crippen molar-refractivity contribution < 1.29 is 14.3 Å². The molecule has 88 valence electrons.